The molecule has 1 heterocycles. The van der Waals surface area contributed by atoms with Crippen LogP contribution in [0.1, 0.15) is 81.2 Å². The molecule has 3 aromatic carbocycles. The number of halogens is 3. The number of hydrogen-bond acceptors (Lipinski definition) is 4. The van der Waals surface area contributed by atoms with Gasteiger partial charge >= 0.3 is 13.3 Å². The van der Waals surface area contributed by atoms with Gasteiger partial charge in [-0.1, -0.05) is 107 Å². The highest BCUT2D eigenvalue weighted by Gasteiger charge is 2.53. The highest BCUT2D eigenvalue weighted by Crippen LogP contribution is 2.62. The lowest BCUT2D eigenvalue weighted by molar-refractivity contribution is 0.0554. The third kappa shape index (κ3) is 6.38. The highest BCUT2D eigenvalue weighted by atomic mass is 79.9. The summed E-state index contributed by atoms with van der Waals surface area (Å²) in [5.74, 6) is 0.380. The monoisotopic (exact) mass is 646 g/mol. The van der Waals surface area contributed by atoms with Gasteiger partial charge in [0.2, 0.25) is 11.7 Å². The summed E-state index contributed by atoms with van der Waals surface area (Å²) in [7, 11) is -5.82. The normalized spacial score (nSPS) is 13.8. The van der Waals surface area contributed by atoms with Gasteiger partial charge in [-0.3, -0.25) is 4.57 Å². The molecule has 0 bridgehead atoms. The van der Waals surface area contributed by atoms with Crippen molar-refractivity contribution in [3.05, 3.63) is 105 Å². The first-order valence-electron chi connectivity index (χ1n) is 13.2. The Balaban J connectivity index is 2.00. The van der Waals surface area contributed by atoms with Crippen LogP contribution >= 0.6 is 23.5 Å². The molecule has 41 heavy (non-hydrogen) atoms. The Hall–Kier alpha value is -2.71. The Morgan fingerprint density at radius 2 is 1.46 bits per heavy atom. The van der Waals surface area contributed by atoms with Crippen molar-refractivity contribution < 1.29 is 27.7 Å². The maximum atomic E-state index is 15.3. The largest absolute Gasteiger partial charge is 0.399 e. The van der Waals surface area contributed by atoms with Crippen molar-refractivity contribution in [2.24, 2.45) is 0 Å². The van der Waals surface area contributed by atoms with Gasteiger partial charge in [0.05, 0.1) is 5.92 Å². The number of alkyl halides is 2. The Bertz CT molecular complexity index is 1570. The van der Waals surface area contributed by atoms with E-state index in [0.717, 1.165) is 16.7 Å². The van der Waals surface area contributed by atoms with Gasteiger partial charge in [0.25, 0.3) is 0 Å². The molecule has 1 aromatic heterocycles. The standard InChI is InChI=1S/C31H34BrF2N2O4P/c1-29(2,3)23-18-24(31(33,34)41(37,38)39)26(32)25(30(4,5)6)22(23)17-21(19-13-9-7-10-14-19)28-35-27(36-40-28)20-15-11-8-12-16-20/h7-16,18,21H,17H2,1-6H3,(H2,37,38,39). The van der Waals surface area contributed by atoms with Gasteiger partial charge < -0.3 is 14.3 Å². The smallest absolute Gasteiger partial charge is 0.338 e. The van der Waals surface area contributed by atoms with Crippen molar-refractivity contribution in [3.8, 4) is 11.4 Å². The lowest BCUT2D eigenvalue weighted by atomic mass is 9.72. The van der Waals surface area contributed by atoms with E-state index >= 15 is 8.78 Å². The summed E-state index contributed by atoms with van der Waals surface area (Å²) in [6.45, 7) is 11.3. The minimum atomic E-state index is -5.82. The van der Waals surface area contributed by atoms with E-state index in [1.807, 2.05) is 102 Å². The summed E-state index contributed by atoms with van der Waals surface area (Å²) in [5.41, 5.74) is -2.89. The maximum Gasteiger partial charge on any atom is 0.399 e. The number of nitrogens with zero attached hydrogens (tertiary/aromatic N) is 2. The molecular weight excluding hydrogens is 613 g/mol. The van der Waals surface area contributed by atoms with E-state index in [4.69, 9.17) is 9.51 Å². The molecule has 0 saturated heterocycles. The average Bonchev–Trinajstić information content (AvgIpc) is 3.36. The zero-order valence-electron chi connectivity index (χ0n) is 23.8. The van der Waals surface area contributed by atoms with Crippen molar-refractivity contribution in [2.75, 3.05) is 0 Å². The van der Waals surface area contributed by atoms with Crippen LogP contribution in [0.4, 0.5) is 8.78 Å². The number of rotatable bonds is 7. The molecule has 4 rings (SSSR count). The van der Waals surface area contributed by atoms with E-state index in [9.17, 15) is 14.4 Å². The van der Waals surface area contributed by atoms with Crippen molar-refractivity contribution in [3.63, 3.8) is 0 Å². The molecule has 6 nitrogen and oxygen atoms in total. The van der Waals surface area contributed by atoms with E-state index < -0.39 is 35.6 Å². The van der Waals surface area contributed by atoms with E-state index in [-0.39, 0.29) is 4.47 Å². The zero-order valence-corrected chi connectivity index (χ0v) is 26.3. The highest BCUT2D eigenvalue weighted by molar-refractivity contribution is 9.10. The summed E-state index contributed by atoms with van der Waals surface area (Å²) in [6.07, 6.45) is 0.319. The molecule has 218 valence electrons. The predicted molar refractivity (Wildman–Crippen MR) is 159 cm³/mol. The second kappa shape index (κ2) is 11.2. The first-order valence-corrected chi connectivity index (χ1v) is 15.6. The van der Waals surface area contributed by atoms with E-state index in [2.05, 4.69) is 21.1 Å². The number of hydrogen-bond donors (Lipinski definition) is 2. The molecule has 10 heteroatoms. The van der Waals surface area contributed by atoms with Crippen molar-refractivity contribution in [1.29, 1.82) is 0 Å². The molecule has 0 aliphatic carbocycles. The quantitative estimate of drug-likeness (QED) is 0.195. The van der Waals surface area contributed by atoms with Crippen molar-refractivity contribution in [1.82, 2.24) is 10.1 Å². The SMILES string of the molecule is CC(C)(C)c1cc(C(F)(F)P(=O)(O)O)c(Br)c(C(C)(C)C)c1CC(c1ccccc1)c1nc(-c2ccccc2)no1. The minimum absolute atomic E-state index is 0.0244. The van der Waals surface area contributed by atoms with Crippen LogP contribution in [-0.2, 0) is 27.5 Å². The maximum absolute atomic E-state index is 15.3. The average molecular weight is 647 g/mol. The molecule has 0 aliphatic heterocycles. The van der Waals surface area contributed by atoms with Gasteiger partial charge in [-0.05, 0) is 61.5 Å². The van der Waals surface area contributed by atoms with E-state index in [0.29, 0.717) is 29.3 Å². The summed E-state index contributed by atoms with van der Waals surface area (Å²) in [6, 6.07) is 20.3. The molecule has 0 spiro atoms. The van der Waals surface area contributed by atoms with E-state index in [1.54, 1.807) is 0 Å². The fourth-order valence-corrected chi connectivity index (χ4v) is 6.89. The predicted octanol–water partition coefficient (Wildman–Crippen LogP) is 8.70. The van der Waals surface area contributed by atoms with Crippen LogP contribution in [0.5, 0.6) is 0 Å². The summed E-state index contributed by atoms with van der Waals surface area (Å²) in [4.78, 5) is 24.0. The Kier molecular flexibility index (Phi) is 8.51. The second-order valence-corrected chi connectivity index (χ2v) is 14.7. The molecule has 4 aromatic rings. The van der Waals surface area contributed by atoms with Gasteiger partial charge in [-0.2, -0.15) is 13.8 Å². The fraction of sp³-hybridized carbons (Fsp3) is 0.355. The van der Waals surface area contributed by atoms with Crippen LogP contribution in [0.25, 0.3) is 11.4 Å². The van der Waals surface area contributed by atoms with E-state index in [1.165, 1.54) is 6.07 Å². The Morgan fingerprint density at radius 1 is 0.902 bits per heavy atom. The summed E-state index contributed by atoms with van der Waals surface area (Å²) >= 11 is 3.36. The van der Waals surface area contributed by atoms with Crippen LogP contribution in [0, 0.1) is 0 Å². The minimum Gasteiger partial charge on any atom is -0.338 e. The molecule has 0 aliphatic rings. The van der Waals surface area contributed by atoms with Gasteiger partial charge in [0, 0.05) is 15.6 Å². The molecule has 0 saturated carbocycles. The second-order valence-electron chi connectivity index (χ2n) is 12.2. The topological polar surface area (TPSA) is 96.5 Å². The van der Waals surface area contributed by atoms with Crippen molar-refractivity contribution >= 4 is 23.5 Å². The summed E-state index contributed by atoms with van der Waals surface area (Å²) < 4.78 is 48.4. The number of benzene rings is 3. The molecular formula is C31H34BrF2N2O4P. The van der Waals surface area contributed by atoms with Gasteiger partial charge in [0.1, 0.15) is 0 Å². The molecule has 1 atom stereocenters. The van der Waals surface area contributed by atoms with Crippen molar-refractivity contribution in [2.45, 2.75) is 70.4 Å². The molecule has 0 amide bonds. The third-order valence-electron chi connectivity index (χ3n) is 7.00. The zero-order chi connectivity index (χ0) is 30.4. The van der Waals surface area contributed by atoms with Crippen LogP contribution in [0.3, 0.4) is 0 Å². The molecule has 0 radical (unpaired) electrons. The lowest BCUT2D eigenvalue weighted by Crippen LogP contribution is -2.27. The van der Waals surface area contributed by atoms with Crippen LogP contribution < -0.4 is 0 Å². The van der Waals surface area contributed by atoms with Crippen LogP contribution in [0.15, 0.2) is 75.7 Å². The van der Waals surface area contributed by atoms with Crippen LogP contribution in [0.2, 0.25) is 0 Å². The first kappa shape index (κ1) is 31.2. The van der Waals surface area contributed by atoms with Gasteiger partial charge in [-0.25, -0.2) is 0 Å². The van der Waals surface area contributed by atoms with Gasteiger partial charge in [-0.15, -0.1) is 0 Å². The first-order chi connectivity index (χ1) is 18.9. The molecule has 0 fully saturated rings. The van der Waals surface area contributed by atoms with Crippen LogP contribution in [-0.4, -0.2) is 19.9 Å². The van der Waals surface area contributed by atoms with Gasteiger partial charge in [0.15, 0.2) is 0 Å². The summed E-state index contributed by atoms with van der Waals surface area (Å²) in [5, 5.41) is 4.23. The Morgan fingerprint density at radius 3 is 1.98 bits per heavy atom. The number of aromatic nitrogens is 2. The third-order valence-corrected chi connectivity index (χ3v) is 8.80. The lowest BCUT2D eigenvalue weighted by Gasteiger charge is -2.35. The Labute approximate surface area is 247 Å². The fourth-order valence-electron chi connectivity index (χ4n) is 5.05. The molecule has 2 N–H and O–H groups in total. The molecule has 1 unspecified atom stereocenters.